The minimum atomic E-state index is -3.44. The minimum absolute atomic E-state index is 0.120. The maximum atomic E-state index is 11.4. The first-order valence-corrected chi connectivity index (χ1v) is 5.43. The fourth-order valence-electron chi connectivity index (χ4n) is 1.11. The van der Waals surface area contributed by atoms with Gasteiger partial charge in [0.2, 0.25) is 0 Å². The number of nitrogens with one attached hydrogen (secondary N) is 1. The number of carbonyl (C=O) groups excluding carboxylic acids is 1. The number of allylic oxidation sites excluding steroid dienone is 1. The quantitative estimate of drug-likeness (QED) is 0.621. The van der Waals surface area contributed by atoms with Gasteiger partial charge >= 0.3 is 0 Å². The molecule has 1 aliphatic heterocycles. The molecule has 1 aliphatic rings. The Morgan fingerprint density at radius 3 is 2.62 bits per heavy atom. The molecule has 0 atom stereocenters. The number of amides is 1. The van der Waals surface area contributed by atoms with E-state index in [1.807, 2.05) is 0 Å². The van der Waals surface area contributed by atoms with Crippen molar-refractivity contribution in [3.8, 4) is 0 Å². The molecule has 0 saturated carbocycles. The zero-order valence-electron chi connectivity index (χ0n) is 7.46. The second-order valence-corrected chi connectivity index (χ2v) is 4.68. The summed E-state index contributed by atoms with van der Waals surface area (Å²) in [4.78, 5) is 10.9. The van der Waals surface area contributed by atoms with Gasteiger partial charge in [-0.3, -0.25) is 4.79 Å². The van der Waals surface area contributed by atoms with Crippen molar-refractivity contribution in [3.63, 3.8) is 0 Å². The van der Waals surface area contributed by atoms with E-state index in [1.54, 1.807) is 0 Å². The van der Waals surface area contributed by atoms with Gasteiger partial charge in [-0.2, -0.15) is 0 Å². The molecule has 74 valence electrons. The van der Waals surface area contributed by atoms with Crippen molar-refractivity contribution in [1.29, 1.82) is 0 Å². The number of likely N-dealkylation sites (N-methyl/N-ethyl adjacent to an activating group) is 1. The van der Waals surface area contributed by atoms with Crippen LogP contribution < -0.4 is 5.32 Å². The molecule has 0 spiro atoms. The third-order valence-electron chi connectivity index (χ3n) is 1.73. The molecule has 1 rings (SSSR count). The third-order valence-corrected chi connectivity index (χ3v) is 3.53. The molecule has 6 heteroatoms. The van der Waals surface area contributed by atoms with Crippen molar-refractivity contribution in [1.82, 2.24) is 5.32 Å². The lowest BCUT2D eigenvalue weighted by Gasteiger charge is -2.17. The summed E-state index contributed by atoms with van der Waals surface area (Å²) in [6.45, 7) is 1.59. The van der Waals surface area contributed by atoms with Gasteiger partial charge in [-0.05, 0) is 6.92 Å². The second-order valence-electron chi connectivity index (χ2n) is 2.63. The van der Waals surface area contributed by atoms with Gasteiger partial charge in [0.1, 0.15) is 12.4 Å². The first-order chi connectivity index (χ1) is 5.99. The van der Waals surface area contributed by atoms with Crippen LogP contribution in [0.5, 0.6) is 0 Å². The molecule has 0 bridgehead atoms. The van der Waals surface area contributed by atoms with Crippen LogP contribution in [0, 0.1) is 0 Å². The van der Waals surface area contributed by atoms with Crippen LogP contribution in [-0.4, -0.2) is 33.7 Å². The number of ether oxygens (including phenoxy) is 1. The summed E-state index contributed by atoms with van der Waals surface area (Å²) in [5.74, 6) is -0.574. The Hall–Kier alpha value is -1.04. The first kappa shape index (κ1) is 10.0. The lowest BCUT2D eigenvalue weighted by atomic mass is 10.4. The molecular formula is C7H11NO4S. The van der Waals surface area contributed by atoms with Gasteiger partial charge in [0.25, 0.3) is 5.91 Å². The molecule has 0 aromatic carbocycles. The summed E-state index contributed by atoms with van der Waals surface area (Å²) >= 11 is 0. The lowest BCUT2D eigenvalue weighted by Crippen LogP contribution is -2.31. The molecule has 0 aromatic heterocycles. The van der Waals surface area contributed by atoms with Crippen LogP contribution in [-0.2, 0) is 19.4 Å². The van der Waals surface area contributed by atoms with E-state index in [-0.39, 0.29) is 23.0 Å². The fraction of sp³-hybridized carbons (Fsp3) is 0.571. The molecule has 0 unspecified atom stereocenters. The molecule has 1 amide bonds. The average Bonchev–Trinajstić information content (AvgIpc) is 2.02. The number of hydrogen-bond donors (Lipinski definition) is 1. The van der Waals surface area contributed by atoms with Gasteiger partial charge in [0, 0.05) is 7.05 Å². The minimum Gasteiger partial charge on any atom is -0.496 e. The lowest BCUT2D eigenvalue weighted by molar-refractivity contribution is -0.116. The third kappa shape index (κ3) is 1.82. The van der Waals surface area contributed by atoms with Crippen LogP contribution in [0.25, 0.3) is 0 Å². The van der Waals surface area contributed by atoms with E-state index in [2.05, 4.69) is 5.32 Å². The standard InChI is InChI=1S/C7H11NO4S/c1-5-6(7(9)8-2)13(10,11)4-3-12-5/h3-4H2,1-2H3,(H,8,9). The zero-order valence-corrected chi connectivity index (χ0v) is 8.27. The number of rotatable bonds is 1. The highest BCUT2D eigenvalue weighted by molar-refractivity contribution is 7.96. The van der Waals surface area contributed by atoms with Gasteiger partial charge in [0.05, 0.1) is 5.75 Å². The maximum Gasteiger partial charge on any atom is 0.266 e. The monoisotopic (exact) mass is 205 g/mol. The van der Waals surface area contributed by atoms with Gasteiger partial charge < -0.3 is 10.1 Å². The summed E-state index contributed by atoms with van der Waals surface area (Å²) in [5, 5.41) is 2.26. The molecular weight excluding hydrogens is 194 g/mol. The van der Waals surface area contributed by atoms with Gasteiger partial charge in [-0.1, -0.05) is 0 Å². The molecule has 1 heterocycles. The summed E-state index contributed by atoms with van der Waals surface area (Å²) in [6, 6.07) is 0. The summed E-state index contributed by atoms with van der Waals surface area (Å²) in [5.41, 5.74) is 0. The van der Waals surface area contributed by atoms with Crippen LogP contribution in [0.4, 0.5) is 0 Å². The predicted molar refractivity (Wildman–Crippen MR) is 46.5 cm³/mol. The second kappa shape index (κ2) is 3.37. The number of hydrogen-bond acceptors (Lipinski definition) is 4. The van der Waals surface area contributed by atoms with Crippen LogP contribution >= 0.6 is 0 Å². The molecule has 13 heavy (non-hydrogen) atoms. The van der Waals surface area contributed by atoms with E-state index >= 15 is 0 Å². The van der Waals surface area contributed by atoms with Gasteiger partial charge in [-0.15, -0.1) is 0 Å². The van der Waals surface area contributed by atoms with E-state index in [0.29, 0.717) is 0 Å². The van der Waals surface area contributed by atoms with Crippen LogP contribution in [0.15, 0.2) is 10.7 Å². The largest absolute Gasteiger partial charge is 0.496 e. The molecule has 1 N–H and O–H groups in total. The Bertz CT molecular complexity index is 355. The molecule has 0 radical (unpaired) electrons. The molecule has 0 aliphatic carbocycles. The Labute approximate surface area is 76.7 Å². The van der Waals surface area contributed by atoms with E-state index in [4.69, 9.17) is 4.74 Å². The van der Waals surface area contributed by atoms with Crippen molar-refractivity contribution in [2.45, 2.75) is 6.92 Å². The average molecular weight is 205 g/mol. The zero-order chi connectivity index (χ0) is 10.1. The molecule has 0 aromatic rings. The number of sulfone groups is 1. The van der Waals surface area contributed by atoms with Crippen molar-refractivity contribution >= 4 is 15.7 Å². The summed E-state index contributed by atoms with van der Waals surface area (Å²) < 4.78 is 27.8. The predicted octanol–water partition coefficient (Wildman–Crippen LogP) is -0.591. The smallest absolute Gasteiger partial charge is 0.266 e. The van der Waals surface area contributed by atoms with E-state index in [9.17, 15) is 13.2 Å². The molecule has 5 nitrogen and oxygen atoms in total. The normalized spacial score (nSPS) is 20.8. The van der Waals surface area contributed by atoms with Gasteiger partial charge in [-0.25, -0.2) is 8.42 Å². The van der Waals surface area contributed by atoms with E-state index in [0.717, 1.165) is 0 Å². The van der Waals surface area contributed by atoms with Gasteiger partial charge in [0.15, 0.2) is 14.7 Å². The fourth-order valence-corrected chi connectivity index (χ4v) is 2.49. The van der Waals surface area contributed by atoms with E-state index < -0.39 is 15.7 Å². The SMILES string of the molecule is CNC(=O)C1=C(C)OCCS1(=O)=O. The van der Waals surface area contributed by atoms with Crippen molar-refractivity contribution in [3.05, 3.63) is 10.7 Å². The van der Waals surface area contributed by atoms with Crippen molar-refractivity contribution in [2.24, 2.45) is 0 Å². The van der Waals surface area contributed by atoms with E-state index in [1.165, 1.54) is 14.0 Å². The Morgan fingerprint density at radius 1 is 1.54 bits per heavy atom. The topological polar surface area (TPSA) is 72.5 Å². The summed E-state index contributed by atoms with van der Waals surface area (Å²) in [7, 11) is -2.06. The highest BCUT2D eigenvalue weighted by atomic mass is 32.2. The van der Waals surface area contributed by atoms with Crippen LogP contribution in [0.3, 0.4) is 0 Å². The first-order valence-electron chi connectivity index (χ1n) is 3.77. The molecule has 0 saturated heterocycles. The van der Waals surface area contributed by atoms with Crippen LogP contribution in [0.2, 0.25) is 0 Å². The van der Waals surface area contributed by atoms with Crippen molar-refractivity contribution < 1.29 is 17.9 Å². The highest BCUT2D eigenvalue weighted by Gasteiger charge is 2.31. The van der Waals surface area contributed by atoms with Crippen LogP contribution in [0.1, 0.15) is 6.92 Å². The van der Waals surface area contributed by atoms with Crippen molar-refractivity contribution in [2.75, 3.05) is 19.4 Å². The Balaban J connectivity index is 3.21. The maximum absolute atomic E-state index is 11.4. The number of carbonyl (C=O) groups is 1. The summed E-state index contributed by atoms with van der Waals surface area (Å²) in [6.07, 6.45) is 0. The molecule has 0 fully saturated rings. The Kier molecular flexibility index (Phi) is 2.60. The Morgan fingerprint density at radius 2 is 2.15 bits per heavy atom. The highest BCUT2D eigenvalue weighted by Crippen LogP contribution is 2.19.